The second-order valence-electron chi connectivity index (χ2n) is 2.39. The zero-order valence-corrected chi connectivity index (χ0v) is 10.7. The van der Waals surface area contributed by atoms with Gasteiger partial charge in [-0.05, 0) is 31.0 Å². The lowest BCUT2D eigenvalue weighted by Crippen LogP contribution is -1.78. The van der Waals surface area contributed by atoms with Crippen LogP contribution in [-0.2, 0) is 0 Å². The Morgan fingerprint density at radius 2 is 1.36 bits per heavy atom. The smallest absolute Gasteiger partial charge is 0.119 e. The van der Waals surface area contributed by atoms with E-state index in [1.807, 2.05) is 47.6 Å². The van der Waals surface area contributed by atoms with Crippen LogP contribution in [-0.4, -0.2) is 5.11 Å². The zero-order chi connectivity index (χ0) is 11.7. The molecule has 0 saturated heterocycles. The summed E-state index contributed by atoms with van der Waals surface area (Å²) in [6.45, 7) is 11.8. The maximum Gasteiger partial charge on any atom is 0.119 e. The van der Waals surface area contributed by atoms with Crippen molar-refractivity contribution in [1.82, 2.24) is 0 Å². The molecule has 0 spiro atoms. The molecule has 1 aromatic rings. The SMILES string of the molecule is CC.CC.Cc1cc(C)c(Cl)cc1O. The largest absolute Gasteiger partial charge is 0.508 e. The molecule has 1 nitrogen and oxygen atoms in total. The minimum Gasteiger partial charge on any atom is -0.508 e. The molecule has 0 saturated carbocycles. The molecular weight excluding hydrogens is 196 g/mol. The number of aromatic hydroxyl groups is 1. The third kappa shape index (κ3) is 5.13. The molecule has 1 aromatic carbocycles. The monoisotopic (exact) mass is 216 g/mol. The van der Waals surface area contributed by atoms with Gasteiger partial charge in [0.25, 0.3) is 0 Å². The first-order chi connectivity index (χ1) is 6.61. The Morgan fingerprint density at radius 1 is 0.929 bits per heavy atom. The van der Waals surface area contributed by atoms with Gasteiger partial charge in [0.1, 0.15) is 5.75 Å². The molecule has 0 amide bonds. The van der Waals surface area contributed by atoms with Gasteiger partial charge in [-0.15, -0.1) is 0 Å². The Bertz CT molecular complexity index is 206. The number of benzene rings is 1. The maximum absolute atomic E-state index is 9.14. The predicted octanol–water partition coefficient (Wildman–Crippen LogP) is 4.71. The van der Waals surface area contributed by atoms with Crippen molar-refractivity contribution < 1.29 is 5.11 Å². The van der Waals surface area contributed by atoms with Crippen LogP contribution in [0.2, 0.25) is 5.02 Å². The van der Waals surface area contributed by atoms with Gasteiger partial charge in [-0.25, -0.2) is 0 Å². The third-order valence-corrected chi connectivity index (χ3v) is 1.88. The molecule has 14 heavy (non-hydrogen) atoms. The van der Waals surface area contributed by atoms with Crippen molar-refractivity contribution in [3.63, 3.8) is 0 Å². The molecule has 0 aliphatic rings. The number of aryl methyl sites for hydroxylation is 2. The van der Waals surface area contributed by atoms with Crippen molar-refractivity contribution in [2.75, 3.05) is 0 Å². The van der Waals surface area contributed by atoms with E-state index in [2.05, 4.69) is 0 Å². The molecule has 0 bridgehead atoms. The van der Waals surface area contributed by atoms with E-state index in [4.69, 9.17) is 16.7 Å². The predicted molar refractivity (Wildman–Crippen MR) is 65.3 cm³/mol. The lowest BCUT2D eigenvalue weighted by molar-refractivity contribution is 0.471. The summed E-state index contributed by atoms with van der Waals surface area (Å²) in [6, 6.07) is 3.42. The number of phenolic OH excluding ortho intramolecular Hbond substituents is 1. The van der Waals surface area contributed by atoms with E-state index in [9.17, 15) is 0 Å². The van der Waals surface area contributed by atoms with Gasteiger partial charge in [0.15, 0.2) is 0 Å². The lowest BCUT2D eigenvalue weighted by atomic mass is 10.1. The molecule has 0 atom stereocenters. The topological polar surface area (TPSA) is 20.2 Å². The van der Waals surface area contributed by atoms with Crippen LogP contribution < -0.4 is 0 Å². The summed E-state index contributed by atoms with van der Waals surface area (Å²) < 4.78 is 0. The van der Waals surface area contributed by atoms with E-state index in [-0.39, 0.29) is 5.75 Å². The molecule has 0 unspecified atom stereocenters. The molecule has 0 aliphatic heterocycles. The van der Waals surface area contributed by atoms with Crippen molar-refractivity contribution in [2.24, 2.45) is 0 Å². The summed E-state index contributed by atoms with van der Waals surface area (Å²) in [4.78, 5) is 0. The number of rotatable bonds is 0. The van der Waals surface area contributed by atoms with Crippen LogP contribution in [0.3, 0.4) is 0 Å². The first-order valence-corrected chi connectivity index (χ1v) is 5.45. The van der Waals surface area contributed by atoms with Crippen molar-refractivity contribution in [3.8, 4) is 5.75 Å². The fourth-order valence-corrected chi connectivity index (χ4v) is 0.973. The highest BCUT2D eigenvalue weighted by Gasteiger charge is 1.99. The lowest BCUT2D eigenvalue weighted by Gasteiger charge is -2.01. The number of hydrogen-bond donors (Lipinski definition) is 1. The number of hydrogen-bond acceptors (Lipinski definition) is 1. The summed E-state index contributed by atoms with van der Waals surface area (Å²) in [5, 5.41) is 9.75. The molecule has 82 valence electrons. The second-order valence-corrected chi connectivity index (χ2v) is 2.80. The Morgan fingerprint density at radius 3 is 1.71 bits per heavy atom. The van der Waals surface area contributed by atoms with Crippen LogP contribution in [0.25, 0.3) is 0 Å². The first kappa shape index (κ1) is 15.8. The van der Waals surface area contributed by atoms with E-state index >= 15 is 0 Å². The van der Waals surface area contributed by atoms with Gasteiger partial charge in [-0.2, -0.15) is 0 Å². The highest BCUT2D eigenvalue weighted by Crippen LogP contribution is 2.24. The van der Waals surface area contributed by atoms with Crippen molar-refractivity contribution in [3.05, 3.63) is 28.3 Å². The van der Waals surface area contributed by atoms with Crippen LogP contribution in [0, 0.1) is 13.8 Å². The van der Waals surface area contributed by atoms with Gasteiger partial charge in [-0.3, -0.25) is 0 Å². The molecular formula is C12H21ClO. The first-order valence-electron chi connectivity index (χ1n) is 5.07. The molecule has 0 heterocycles. The van der Waals surface area contributed by atoms with E-state index in [1.165, 1.54) is 0 Å². The molecule has 2 heteroatoms. The second kappa shape index (κ2) is 8.89. The minimum atomic E-state index is 0.260. The summed E-state index contributed by atoms with van der Waals surface area (Å²) in [5.41, 5.74) is 1.86. The maximum atomic E-state index is 9.14. The minimum absolute atomic E-state index is 0.260. The van der Waals surface area contributed by atoms with Gasteiger partial charge in [0, 0.05) is 5.02 Å². The van der Waals surface area contributed by atoms with E-state index in [0.29, 0.717) is 5.02 Å². The Kier molecular flexibility index (Phi) is 10.0. The quantitative estimate of drug-likeness (QED) is 0.666. The fraction of sp³-hybridized carbons (Fsp3) is 0.500. The van der Waals surface area contributed by atoms with Gasteiger partial charge < -0.3 is 5.11 Å². The molecule has 0 fully saturated rings. The van der Waals surface area contributed by atoms with Crippen LogP contribution in [0.5, 0.6) is 5.75 Å². The van der Waals surface area contributed by atoms with Crippen molar-refractivity contribution >= 4 is 11.6 Å². The summed E-state index contributed by atoms with van der Waals surface area (Å²) >= 11 is 5.73. The average Bonchev–Trinajstić information content (AvgIpc) is 2.21. The fourth-order valence-electron chi connectivity index (χ4n) is 0.815. The molecule has 0 aliphatic carbocycles. The average molecular weight is 217 g/mol. The Labute approximate surface area is 92.7 Å². The third-order valence-electron chi connectivity index (χ3n) is 1.48. The van der Waals surface area contributed by atoms with E-state index < -0.39 is 0 Å². The normalized spacial score (nSPS) is 7.93. The Balaban J connectivity index is 0. The number of phenols is 1. The van der Waals surface area contributed by atoms with E-state index in [1.54, 1.807) is 6.07 Å². The van der Waals surface area contributed by atoms with Crippen molar-refractivity contribution in [2.45, 2.75) is 41.5 Å². The summed E-state index contributed by atoms with van der Waals surface area (Å²) in [7, 11) is 0. The van der Waals surface area contributed by atoms with Gasteiger partial charge in [0.2, 0.25) is 0 Å². The van der Waals surface area contributed by atoms with Crippen LogP contribution in [0.4, 0.5) is 0 Å². The van der Waals surface area contributed by atoms with Crippen LogP contribution >= 0.6 is 11.6 Å². The zero-order valence-electron chi connectivity index (χ0n) is 9.98. The molecule has 0 radical (unpaired) electrons. The standard InChI is InChI=1S/C8H9ClO.2C2H6/c1-5-3-6(2)8(10)4-7(5)9;2*1-2/h3-4,10H,1-2H3;2*1-2H3. The van der Waals surface area contributed by atoms with Crippen LogP contribution in [0.1, 0.15) is 38.8 Å². The van der Waals surface area contributed by atoms with Crippen LogP contribution in [0.15, 0.2) is 12.1 Å². The van der Waals surface area contributed by atoms with Gasteiger partial charge in [-0.1, -0.05) is 45.4 Å². The highest BCUT2D eigenvalue weighted by molar-refractivity contribution is 6.31. The van der Waals surface area contributed by atoms with Gasteiger partial charge >= 0.3 is 0 Å². The summed E-state index contributed by atoms with van der Waals surface area (Å²) in [5.74, 6) is 0.260. The highest BCUT2D eigenvalue weighted by atomic mass is 35.5. The van der Waals surface area contributed by atoms with Gasteiger partial charge in [0.05, 0.1) is 0 Å². The van der Waals surface area contributed by atoms with E-state index in [0.717, 1.165) is 11.1 Å². The number of halogens is 1. The Hall–Kier alpha value is -0.690. The van der Waals surface area contributed by atoms with Crippen molar-refractivity contribution in [1.29, 1.82) is 0 Å². The molecule has 1 N–H and O–H groups in total. The molecule has 1 rings (SSSR count). The molecule has 0 aromatic heterocycles. The summed E-state index contributed by atoms with van der Waals surface area (Å²) in [6.07, 6.45) is 0.